The Labute approximate surface area is 227 Å². The Balaban J connectivity index is 1.92. The highest BCUT2D eigenvalue weighted by Gasteiger charge is 2.32. The van der Waals surface area contributed by atoms with Crippen molar-refractivity contribution < 1.29 is 18.0 Å². The first-order chi connectivity index (χ1) is 16.9. The fourth-order valence-corrected chi connectivity index (χ4v) is 5.71. The number of amides is 2. The number of carbonyl (C=O) groups is 2. The first kappa shape index (κ1) is 28.6. The Morgan fingerprint density at radius 3 is 2.19 bits per heavy atom. The largest absolute Gasteiger partial charge is 0.352 e. The standard InChI is InChI=1S/C25H30Cl3N3O4S/c1-16-8-10-18(11-9-16)14-30(17(2)25(33)29-19-6-4-5-7-19)24(32)15-31(36(3,34)35)23-13-21(27)20(26)12-22(23)28/h8-13,17,19H,4-7,14-15H2,1-3H3,(H,29,33)/t17-/m0/s1. The fourth-order valence-electron chi connectivity index (χ4n) is 4.16. The molecule has 1 fully saturated rings. The van der Waals surface area contributed by atoms with Gasteiger partial charge in [-0.3, -0.25) is 13.9 Å². The number of sulfonamides is 1. The van der Waals surface area contributed by atoms with E-state index in [1.165, 1.54) is 17.0 Å². The minimum absolute atomic E-state index is 0.0275. The first-order valence-corrected chi connectivity index (χ1v) is 14.6. The number of carbonyl (C=O) groups excluding carboxylic acids is 2. The summed E-state index contributed by atoms with van der Waals surface area (Å²) >= 11 is 18.4. The maximum Gasteiger partial charge on any atom is 0.244 e. The molecule has 7 nitrogen and oxygen atoms in total. The van der Waals surface area contributed by atoms with Crippen LogP contribution >= 0.6 is 34.8 Å². The van der Waals surface area contributed by atoms with Crippen LogP contribution in [-0.4, -0.2) is 50.0 Å². The lowest BCUT2D eigenvalue weighted by atomic mass is 10.1. The van der Waals surface area contributed by atoms with Gasteiger partial charge in [-0.2, -0.15) is 0 Å². The van der Waals surface area contributed by atoms with Crippen LogP contribution in [0.3, 0.4) is 0 Å². The molecular formula is C25H30Cl3N3O4S. The van der Waals surface area contributed by atoms with E-state index in [1.807, 2.05) is 31.2 Å². The summed E-state index contributed by atoms with van der Waals surface area (Å²) in [7, 11) is -3.94. The van der Waals surface area contributed by atoms with Crippen LogP contribution in [0.1, 0.15) is 43.7 Å². The van der Waals surface area contributed by atoms with Crippen LogP contribution < -0.4 is 9.62 Å². The monoisotopic (exact) mass is 573 g/mol. The number of hydrogen-bond acceptors (Lipinski definition) is 4. The van der Waals surface area contributed by atoms with E-state index in [0.717, 1.165) is 47.4 Å². The molecule has 0 unspecified atom stereocenters. The van der Waals surface area contributed by atoms with Crippen molar-refractivity contribution in [3.8, 4) is 0 Å². The normalized spacial score (nSPS) is 14.9. The molecule has 1 N–H and O–H groups in total. The lowest BCUT2D eigenvalue weighted by molar-refractivity contribution is -0.139. The Morgan fingerprint density at radius 2 is 1.61 bits per heavy atom. The van der Waals surface area contributed by atoms with E-state index in [0.29, 0.717) is 0 Å². The van der Waals surface area contributed by atoms with E-state index in [1.54, 1.807) is 6.92 Å². The highest BCUT2D eigenvalue weighted by atomic mass is 35.5. The lowest BCUT2D eigenvalue weighted by Gasteiger charge is -2.32. The smallest absolute Gasteiger partial charge is 0.244 e. The third-order valence-electron chi connectivity index (χ3n) is 6.28. The number of halogens is 3. The van der Waals surface area contributed by atoms with Gasteiger partial charge < -0.3 is 10.2 Å². The van der Waals surface area contributed by atoms with Crippen molar-refractivity contribution in [1.82, 2.24) is 10.2 Å². The van der Waals surface area contributed by atoms with Gasteiger partial charge in [0, 0.05) is 12.6 Å². The topological polar surface area (TPSA) is 86.8 Å². The van der Waals surface area contributed by atoms with Crippen molar-refractivity contribution in [2.24, 2.45) is 0 Å². The second-order valence-corrected chi connectivity index (χ2v) is 12.3. The maximum absolute atomic E-state index is 13.6. The molecule has 2 amide bonds. The second-order valence-electron chi connectivity index (χ2n) is 9.16. The summed E-state index contributed by atoms with van der Waals surface area (Å²) in [5.74, 6) is -0.835. The SMILES string of the molecule is Cc1ccc(CN(C(=O)CN(c2cc(Cl)c(Cl)cc2Cl)S(C)(=O)=O)[C@@H](C)C(=O)NC2CCCC2)cc1. The predicted octanol–water partition coefficient (Wildman–Crippen LogP) is 5.20. The Morgan fingerprint density at radius 1 is 1.03 bits per heavy atom. The molecular weight excluding hydrogens is 545 g/mol. The number of hydrogen-bond donors (Lipinski definition) is 1. The van der Waals surface area contributed by atoms with Gasteiger partial charge in [0.1, 0.15) is 12.6 Å². The van der Waals surface area contributed by atoms with Gasteiger partial charge in [-0.25, -0.2) is 8.42 Å². The summed E-state index contributed by atoms with van der Waals surface area (Å²) in [6.45, 7) is 3.16. The molecule has 2 aromatic carbocycles. The molecule has 0 spiro atoms. The highest BCUT2D eigenvalue weighted by Crippen LogP contribution is 2.35. The van der Waals surface area contributed by atoms with E-state index in [2.05, 4.69) is 5.32 Å². The average Bonchev–Trinajstić information content (AvgIpc) is 3.31. The van der Waals surface area contributed by atoms with Crippen LogP contribution in [0.25, 0.3) is 0 Å². The zero-order valence-corrected chi connectivity index (χ0v) is 23.5. The van der Waals surface area contributed by atoms with E-state index < -0.39 is 28.5 Å². The molecule has 1 aliphatic rings. The van der Waals surface area contributed by atoms with Crippen LogP contribution in [0.4, 0.5) is 5.69 Å². The molecule has 196 valence electrons. The molecule has 11 heteroatoms. The second kappa shape index (κ2) is 12.0. The van der Waals surface area contributed by atoms with Gasteiger partial charge in [0.25, 0.3) is 0 Å². The number of nitrogens with zero attached hydrogens (tertiary/aromatic N) is 2. The van der Waals surface area contributed by atoms with Gasteiger partial charge in [-0.1, -0.05) is 77.5 Å². The van der Waals surface area contributed by atoms with Gasteiger partial charge in [0.15, 0.2) is 0 Å². The summed E-state index contributed by atoms with van der Waals surface area (Å²) in [4.78, 5) is 28.1. The van der Waals surface area contributed by atoms with Crippen molar-refractivity contribution >= 4 is 62.3 Å². The van der Waals surface area contributed by atoms with Crippen LogP contribution in [0.5, 0.6) is 0 Å². The minimum atomic E-state index is -3.94. The highest BCUT2D eigenvalue weighted by molar-refractivity contribution is 7.92. The minimum Gasteiger partial charge on any atom is -0.352 e. The maximum atomic E-state index is 13.6. The van der Waals surface area contributed by atoms with Crippen molar-refractivity contribution in [2.45, 2.75) is 58.2 Å². The summed E-state index contributed by atoms with van der Waals surface area (Å²) in [6.07, 6.45) is 4.89. The lowest BCUT2D eigenvalue weighted by Crippen LogP contribution is -2.52. The van der Waals surface area contributed by atoms with Gasteiger partial charge >= 0.3 is 0 Å². The van der Waals surface area contributed by atoms with Gasteiger partial charge in [-0.15, -0.1) is 0 Å². The van der Waals surface area contributed by atoms with Crippen LogP contribution in [-0.2, 0) is 26.2 Å². The number of anilines is 1. The van der Waals surface area contributed by atoms with Crippen molar-refractivity contribution in [3.63, 3.8) is 0 Å². The molecule has 0 saturated heterocycles. The molecule has 0 radical (unpaired) electrons. The van der Waals surface area contributed by atoms with Crippen molar-refractivity contribution in [2.75, 3.05) is 17.1 Å². The predicted molar refractivity (Wildman–Crippen MR) is 145 cm³/mol. The molecule has 1 atom stereocenters. The molecule has 1 saturated carbocycles. The number of aryl methyl sites for hydroxylation is 1. The molecule has 2 aromatic rings. The zero-order chi connectivity index (χ0) is 26.6. The zero-order valence-electron chi connectivity index (χ0n) is 20.4. The van der Waals surface area contributed by atoms with Gasteiger partial charge in [0.2, 0.25) is 21.8 Å². The number of nitrogens with one attached hydrogen (secondary N) is 1. The third kappa shape index (κ3) is 7.28. The van der Waals surface area contributed by atoms with Crippen molar-refractivity contribution in [3.05, 3.63) is 62.6 Å². The summed E-state index contributed by atoms with van der Waals surface area (Å²) in [6, 6.07) is 9.47. The quantitative estimate of drug-likeness (QED) is 0.417. The van der Waals surface area contributed by atoms with Crippen molar-refractivity contribution in [1.29, 1.82) is 0 Å². The van der Waals surface area contributed by atoms with E-state index in [-0.39, 0.29) is 39.2 Å². The molecule has 0 heterocycles. The molecule has 0 aliphatic heterocycles. The first-order valence-electron chi connectivity index (χ1n) is 11.6. The number of benzene rings is 2. The van der Waals surface area contributed by atoms with Crippen LogP contribution in [0, 0.1) is 6.92 Å². The van der Waals surface area contributed by atoms with E-state index in [4.69, 9.17) is 34.8 Å². The van der Waals surface area contributed by atoms with Gasteiger partial charge in [0.05, 0.1) is 27.0 Å². The number of rotatable bonds is 9. The third-order valence-corrected chi connectivity index (χ3v) is 8.43. The molecule has 0 aromatic heterocycles. The summed E-state index contributed by atoms with van der Waals surface area (Å²) in [5, 5.41) is 3.31. The van der Waals surface area contributed by atoms with E-state index >= 15 is 0 Å². The average molecular weight is 575 g/mol. The Hall–Kier alpha value is -2.00. The fraction of sp³-hybridized carbons (Fsp3) is 0.440. The molecule has 1 aliphatic carbocycles. The van der Waals surface area contributed by atoms with Crippen LogP contribution in [0.2, 0.25) is 15.1 Å². The summed E-state index contributed by atoms with van der Waals surface area (Å²) in [5.41, 5.74) is 1.90. The molecule has 36 heavy (non-hydrogen) atoms. The summed E-state index contributed by atoms with van der Waals surface area (Å²) < 4.78 is 26.3. The Bertz CT molecular complexity index is 1220. The van der Waals surface area contributed by atoms with Crippen LogP contribution in [0.15, 0.2) is 36.4 Å². The molecule has 3 rings (SSSR count). The van der Waals surface area contributed by atoms with E-state index in [9.17, 15) is 18.0 Å². The van der Waals surface area contributed by atoms with Gasteiger partial charge in [-0.05, 0) is 44.4 Å². The Kier molecular flexibility index (Phi) is 9.55. The molecule has 0 bridgehead atoms.